The van der Waals surface area contributed by atoms with Gasteiger partial charge in [0.25, 0.3) is 0 Å². The van der Waals surface area contributed by atoms with E-state index in [1.54, 1.807) is 31.3 Å². The zero-order valence-corrected chi connectivity index (χ0v) is 11.0. The maximum absolute atomic E-state index is 5.89. The number of aromatic nitrogens is 2. The third-order valence-corrected chi connectivity index (χ3v) is 2.83. The van der Waals surface area contributed by atoms with E-state index in [4.69, 9.17) is 33.7 Å². The largest absolute Gasteiger partial charge is 0.439 e. The molecule has 0 bridgehead atoms. The Hall–Kier alpha value is -1.72. The topological polar surface area (TPSA) is 73.1 Å². The smallest absolute Gasteiger partial charge is 0.226 e. The molecule has 0 saturated carbocycles. The van der Waals surface area contributed by atoms with Crippen molar-refractivity contribution >= 4 is 35.0 Å². The molecule has 1 aromatic carbocycles. The lowest BCUT2D eigenvalue weighted by Gasteiger charge is -2.07. The Labute approximate surface area is 114 Å². The standard InChI is InChI=1S/C11H10Cl2N4O/c1-15-9-5-10(17-11(14)16-9)18-6-2-3-7(12)8(13)4-6/h2-5H,1H3,(H3,14,15,16,17). The van der Waals surface area contributed by atoms with Crippen molar-refractivity contribution in [3.63, 3.8) is 0 Å². The van der Waals surface area contributed by atoms with Crippen molar-refractivity contribution in [3.8, 4) is 11.6 Å². The summed E-state index contributed by atoms with van der Waals surface area (Å²) in [5, 5.41) is 3.72. The molecule has 1 aromatic heterocycles. The Morgan fingerprint density at radius 3 is 2.61 bits per heavy atom. The van der Waals surface area contributed by atoms with E-state index < -0.39 is 0 Å². The molecule has 0 radical (unpaired) electrons. The number of hydrogen-bond acceptors (Lipinski definition) is 5. The number of nitrogens with one attached hydrogen (secondary N) is 1. The number of hydrogen-bond donors (Lipinski definition) is 2. The number of ether oxygens (including phenoxy) is 1. The normalized spacial score (nSPS) is 10.2. The number of anilines is 2. The summed E-state index contributed by atoms with van der Waals surface area (Å²) in [4.78, 5) is 7.91. The lowest BCUT2D eigenvalue weighted by Crippen LogP contribution is -2.01. The highest BCUT2D eigenvalue weighted by Gasteiger charge is 2.05. The van der Waals surface area contributed by atoms with Crippen molar-refractivity contribution in [2.24, 2.45) is 0 Å². The summed E-state index contributed by atoms with van der Waals surface area (Å²) in [7, 11) is 1.73. The van der Waals surface area contributed by atoms with Gasteiger partial charge in [0, 0.05) is 19.2 Å². The first-order valence-corrected chi connectivity index (χ1v) is 5.79. The first-order valence-electron chi connectivity index (χ1n) is 5.03. The molecule has 0 aliphatic carbocycles. The Kier molecular flexibility index (Phi) is 3.74. The Morgan fingerprint density at radius 2 is 1.94 bits per heavy atom. The fraction of sp³-hybridized carbons (Fsp3) is 0.0909. The van der Waals surface area contributed by atoms with E-state index in [9.17, 15) is 0 Å². The van der Waals surface area contributed by atoms with Gasteiger partial charge in [0.05, 0.1) is 10.0 Å². The second-order valence-electron chi connectivity index (χ2n) is 3.38. The quantitative estimate of drug-likeness (QED) is 0.906. The summed E-state index contributed by atoms with van der Waals surface area (Å²) in [6, 6.07) is 6.55. The minimum Gasteiger partial charge on any atom is -0.439 e. The molecule has 1 heterocycles. The number of nitrogen functional groups attached to an aromatic ring is 1. The Bertz CT molecular complexity index is 577. The van der Waals surface area contributed by atoms with Crippen LogP contribution in [0.1, 0.15) is 0 Å². The molecule has 0 amide bonds. The molecule has 2 rings (SSSR count). The molecule has 0 atom stereocenters. The van der Waals surface area contributed by atoms with E-state index >= 15 is 0 Å². The van der Waals surface area contributed by atoms with E-state index in [1.807, 2.05) is 0 Å². The predicted octanol–water partition coefficient (Wildman–Crippen LogP) is 3.20. The van der Waals surface area contributed by atoms with E-state index in [0.29, 0.717) is 27.5 Å². The second-order valence-corrected chi connectivity index (χ2v) is 4.19. The molecule has 0 aliphatic heterocycles. The number of benzene rings is 1. The average molecular weight is 285 g/mol. The van der Waals surface area contributed by atoms with Crippen LogP contribution in [0.2, 0.25) is 10.0 Å². The van der Waals surface area contributed by atoms with Crippen LogP contribution in [0, 0.1) is 0 Å². The summed E-state index contributed by atoms with van der Waals surface area (Å²) in [5.74, 6) is 1.53. The van der Waals surface area contributed by atoms with Gasteiger partial charge < -0.3 is 15.8 Å². The highest BCUT2D eigenvalue weighted by atomic mass is 35.5. The third-order valence-electron chi connectivity index (χ3n) is 2.09. The minimum absolute atomic E-state index is 0.122. The molecule has 0 saturated heterocycles. The Morgan fingerprint density at radius 1 is 1.17 bits per heavy atom. The molecule has 7 heteroatoms. The highest BCUT2D eigenvalue weighted by Crippen LogP contribution is 2.29. The van der Waals surface area contributed by atoms with Crippen molar-refractivity contribution in [1.82, 2.24) is 9.97 Å². The van der Waals surface area contributed by atoms with Crippen LogP contribution in [0.4, 0.5) is 11.8 Å². The van der Waals surface area contributed by atoms with Gasteiger partial charge in [0.15, 0.2) is 0 Å². The van der Waals surface area contributed by atoms with Crippen LogP contribution in [0.5, 0.6) is 11.6 Å². The van der Waals surface area contributed by atoms with Crippen LogP contribution in [0.25, 0.3) is 0 Å². The monoisotopic (exact) mass is 284 g/mol. The van der Waals surface area contributed by atoms with Crippen molar-refractivity contribution < 1.29 is 4.74 Å². The third kappa shape index (κ3) is 2.94. The van der Waals surface area contributed by atoms with Gasteiger partial charge in [-0.25, -0.2) is 0 Å². The lowest BCUT2D eigenvalue weighted by atomic mass is 10.3. The van der Waals surface area contributed by atoms with E-state index in [1.165, 1.54) is 0 Å². The van der Waals surface area contributed by atoms with Crippen LogP contribution in [0.15, 0.2) is 24.3 Å². The zero-order valence-electron chi connectivity index (χ0n) is 9.45. The fourth-order valence-corrected chi connectivity index (χ4v) is 1.57. The van der Waals surface area contributed by atoms with Gasteiger partial charge in [0.2, 0.25) is 11.8 Å². The molecule has 0 unspecified atom stereocenters. The van der Waals surface area contributed by atoms with Gasteiger partial charge >= 0.3 is 0 Å². The predicted molar refractivity (Wildman–Crippen MR) is 72.5 cm³/mol. The van der Waals surface area contributed by atoms with Crippen molar-refractivity contribution in [2.45, 2.75) is 0 Å². The number of halogens is 2. The molecular formula is C11H10Cl2N4O. The first-order chi connectivity index (χ1) is 8.58. The Balaban J connectivity index is 2.27. The van der Waals surface area contributed by atoms with Crippen molar-refractivity contribution in [1.29, 1.82) is 0 Å². The second kappa shape index (κ2) is 5.29. The summed E-state index contributed by atoms with van der Waals surface area (Å²) >= 11 is 11.7. The van der Waals surface area contributed by atoms with E-state index in [2.05, 4.69) is 15.3 Å². The molecule has 2 aromatic rings. The number of rotatable bonds is 3. The van der Waals surface area contributed by atoms with Gasteiger partial charge in [-0.15, -0.1) is 0 Å². The van der Waals surface area contributed by atoms with Gasteiger partial charge in [-0.1, -0.05) is 23.2 Å². The lowest BCUT2D eigenvalue weighted by molar-refractivity contribution is 0.463. The minimum atomic E-state index is 0.122. The van der Waals surface area contributed by atoms with Crippen LogP contribution < -0.4 is 15.8 Å². The molecule has 0 aliphatic rings. The fourth-order valence-electron chi connectivity index (χ4n) is 1.28. The van der Waals surface area contributed by atoms with Gasteiger partial charge in [-0.3, -0.25) is 0 Å². The average Bonchev–Trinajstić information content (AvgIpc) is 2.33. The zero-order chi connectivity index (χ0) is 13.1. The summed E-state index contributed by atoms with van der Waals surface area (Å²) < 4.78 is 5.52. The summed E-state index contributed by atoms with van der Waals surface area (Å²) in [5.41, 5.74) is 5.55. The van der Waals surface area contributed by atoms with Gasteiger partial charge in [-0.2, -0.15) is 9.97 Å². The van der Waals surface area contributed by atoms with E-state index in [-0.39, 0.29) is 5.95 Å². The molecule has 0 spiro atoms. The van der Waals surface area contributed by atoms with Gasteiger partial charge in [-0.05, 0) is 12.1 Å². The van der Waals surface area contributed by atoms with Crippen LogP contribution >= 0.6 is 23.2 Å². The number of nitrogens with two attached hydrogens (primary N) is 1. The van der Waals surface area contributed by atoms with E-state index in [0.717, 1.165) is 0 Å². The molecule has 94 valence electrons. The molecule has 5 nitrogen and oxygen atoms in total. The summed E-state index contributed by atoms with van der Waals surface area (Å²) in [6.07, 6.45) is 0. The molecule has 0 fully saturated rings. The van der Waals surface area contributed by atoms with Crippen LogP contribution in [-0.2, 0) is 0 Å². The molecule has 18 heavy (non-hydrogen) atoms. The SMILES string of the molecule is CNc1cc(Oc2ccc(Cl)c(Cl)c2)nc(N)n1. The maximum Gasteiger partial charge on any atom is 0.226 e. The van der Waals surface area contributed by atoms with Crippen LogP contribution in [0.3, 0.4) is 0 Å². The van der Waals surface area contributed by atoms with Crippen molar-refractivity contribution in [2.75, 3.05) is 18.1 Å². The van der Waals surface area contributed by atoms with Crippen molar-refractivity contribution in [3.05, 3.63) is 34.3 Å². The van der Waals surface area contributed by atoms with Gasteiger partial charge in [0.1, 0.15) is 11.6 Å². The molecule has 3 N–H and O–H groups in total. The van der Waals surface area contributed by atoms with Crippen LogP contribution in [-0.4, -0.2) is 17.0 Å². The maximum atomic E-state index is 5.89. The summed E-state index contributed by atoms with van der Waals surface area (Å²) in [6.45, 7) is 0. The first kappa shape index (κ1) is 12.7. The highest BCUT2D eigenvalue weighted by molar-refractivity contribution is 6.42. The number of nitrogens with zero attached hydrogens (tertiary/aromatic N) is 2. The molecular weight excluding hydrogens is 275 g/mol.